The number of hydrogen-bond acceptors (Lipinski definition) is 1. The summed E-state index contributed by atoms with van der Waals surface area (Å²) in [5.74, 6) is 0.0117. The van der Waals surface area contributed by atoms with Crippen molar-refractivity contribution in [2.45, 2.75) is 19.3 Å². The Balaban J connectivity index is 1.82. The fourth-order valence-corrected chi connectivity index (χ4v) is 1.80. The standard InChI is InChI=1S/C12H13ClFNO/c13-11-7-10(14)4-3-8(11)5-6-15-12(16)9-1-2-9/h3-4,7,9H,1-2,5-6H2,(H,15,16). The molecule has 0 bridgehead atoms. The molecule has 1 aromatic carbocycles. The number of rotatable bonds is 4. The molecule has 1 aliphatic carbocycles. The lowest BCUT2D eigenvalue weighted by Crippen LogP contribution is -2.26. The summed E-state index contributed by atoms with van der Waals surface area (Å²) in [5.41, 5.74) is 0.860. The van der Waals surface area contributed by atoms with E-state index < -0.39 is 0 Å². The molecule has 1 aliphatic rings. The van der Waals surface area contributed by atoms with E-state index in [4.69, 9.17) is 11.6 Å². The van der Waals surface area contributed by atoms with Gasteiger partial charge in [-0.05, 0) is 37.0 Å². The fraction of sp³-hybridized carbons (Fsp3) is 0.417. The summed E-state index contributed by atoms with van der Waals surface area (Å²) in [5, 5.41) is 3.26. The van der Waals surface area contributed by atoms with Gasteiger partial charge in [-0.25, -0.2) is 4.39 Å². The van der Waals surface area contributed by atoms with Crippen LogP contribution in [-0.4, -0.2) is 12.5 Å². The summed E-state index contributed by atoms with van der Waals surface area (Å²) in [4.78, 5) is 11.3. The molecule has 0 heterocycles. The van der Waals surface area contributed by atoms with Gasteiger partial charge in [0.2, 0.25) is 5.91 Å². The van der Waals surface area contributed by atoms with E-state index in [0.717, 1.165) is 18.4 Å². The Morgan fingerprint density at radius 3 is 2.88 bits per heavy atom. The van der Waals surface area contributed by atoms with Gasteiger partial charge in [-0.1, -0.05) is 17.7 Å². The van der Waals surface area contributed by atoms with Crippen molar-refractivity contribution in [3.8, 4) is 0 Å². The third-order valence-corrected chi connectivity index (χ3v) is 3.01. The maximum Gasteiger partial charge on any atom is 0.223 e. The highest BCUT2D eigenvalue weighted by Crippen LogP contribution is 2.28. The van der Waals surface area contributed by atoms with Gasteiger partial charge in [0.15, 0.2) is 0 Å². The van der Waals surface area contributed by atoms with Crippen molar-refractivity contribution in [2.24, 2.45) is 5.92 Å². The summed E-state index contributed by atoms with van der Waals surface area (Å²) in [6, 6.07) is 4.32. The summed E-state index contributed by atoms with van der Waals surface area (Å²) in [7, 11) is 0. The summed E-state index contributed by atoms with van der Waals surface area (Å²) in [6.07, 6.45) is 2.64. The van der Waals surface area contributed by atoms with Crippen molar-refractivity contribution in [1.82, 2.24) is 5.32 Å². The first-order valence-electron chi connectivity index (χ1n) is 5.38. The second kappa shape index (κ2) is 4.83. The van der Waals surface area contributed by atoms with Gasteiger partial charge in [0.25, 0.3) is 0 Å². The molecular formula is C12H13ClFNO. The van der Waals surface area contributed by atoms with E-state index in [1.54, 1.807) is 6.07 Å². The molecule has 0 spiro atoms. The van der Waals surface area contributed by atoms with E-state index in [2.05, 4.69) is 5.32 Å². The Morgan fingerprint density at radius 1 is 1.50 bits per heavy atom. The summed E-state index contributed by atoms with van der Waals surface area (Å²) >= 11 is 5.87. The molecule has 86 valence electrons. The number of carbonyl (C=O) groups is 1. The lowest BCUT2D eigenvalue weighted by molar-refractivity contribution is -0.122. The Hall–Kier alpha value is -1.09. The van der Waals surface area contributed by atoms with Crippen LogP contribution in [0.25, 0.3) is 0 Å². The van der Waals surface area contributed by atoms with Crippen molar-refractivity contribution < 1.29 is 9.18 Å². The molecule has 2 nitrogen and oxygen atoms in total. The molecule has 1 fully saturated rings. The molecule has 1 saturated carbocycles. The van der Waals surface area contributed by atoms with E-state index in [9.17, 15) is 9.18 Å². The first kappa shape index (κ1) is 11.4. The maximum absolute atomic E-state index is 12.8. The summed E-state index contributed by atoms with van der Waals surface area (Å²) < 4.78 is 12.8. The van der Waals surface area contributed by atoms with Crippen LogP contribution in [0, 0.1) is 11.7 Å². The zero-order valence-corrected chi connectivity index (χ0v) is 9.56. The molecule has 1 aromatic rings. The van der Waals surface area contributed by atoms with Gasteiger partial charge >= 0.3 is 0 Å². The monoisotopic (exact) mass is 241 g/mol. The average molecular weight is 242 g/mol. The predicted octanol–water partition coefficient (Wildman–Crippen LogP) is 2.55. The normalized spacial score (nSPS) is 14.9. The molecular weight excluding hydrogens is 229 g/mol. The van der Waals surface area contributed by atoms with Gasteiger partial charge in [-0.3, -0.25) is 4.79 Å². The first-order chi connectivity index (χ1) is 7.66. The number of hydrogen-bond donors (Lipinski definition) is 1. The van der Waals surface area contributed by atoms with Crippen LogP contribution in [0.1, 0.15) is 18.4 Å². The van der Waals surface area contributed by atoms with Crippen LogP contribution in [0.5, 0.6) is 0 Å². The molecule has 0 radical (unpaired) electrons. The minimum atomic E-state index is -0.337. The molecule has 0 aliphatic heterocycles. The molecule has 0 saturated heterocycles. The van der Waals surface area contributed by atoms with Crippen LogP contribution in [0.2, 0.25) is 5.02 Å². The van der Waals surface area contributed by atoms with Crippen LogP contribution in [-0.2, 0) is 11.2 Å². The van der Waals surface area contributed by atoms with Gasteiger partial charge in [0.1, 0.15) is 5.82 Å². The van der Waals surface area contributed by atoms with E-state index >= 15 is 0 Å². The van der Waals surface area contributed by atoms with E-state index in [1.807, 2.05) is 0 Å². The van der Waals surface area contributed by atoms with Crippen LogP contribution in [0.15, 0.2) is 18.2 Å². The third kappa shape index (κ3) is 2.95. The molecule has 1 N–H and O–H groups in total. The Kier molecular flexibility index (Phi) is 3.44. The van der Waals surface area contributed by atoms with Gasteiger partial charge in [0, 0.05) is 17.5 Å². The molecule has 1 amide bonds. The number of benzene rings is 1. The predicted molar refractivity (Wildman–Crippen MR) is 60.8 cm³/mol. The van der Waals surface area contributed by atoms with Crippen LogP contribution in [0.3, 0.4) is 0 Å². The Morgan fingerprint density at radius 2 is 2.25 bits per heavy atom. The molecule has 2 rings (SSSR count). The highest BCUT2D eigenvalue weighted by Gasteiger charge is 2.28. The van der Waals surface area contributed by atoms with Crippen molar-refractivity contribution in [1.29, 1.82) is 0 Å². The van der Waals surface area contributed by atoms with E-state index in [-0.39, 0.29) is 17.6 Å². The Labute approximate surface area is 98.8 Å². The Bertz CT molecular complexity index is 404. The quantitative estimate of drug-likeness (QED) is 0.863. The minimum absolute atomic E-state index is 0.123. The molecule has 16 heavy (non-hydrogen) atoms. The molecule has 0 atom stereocenters. The second-order valence-electron chi connectivity index (χ2n) is 4.05. The van der Waals surface area contributed by atoms with Gasteiger partial charge < -0.3 is 5.32 Å². The molecule has 0 aromatic heterocycles. The van der Waals surface area contributed by atoms with Crippen molar-refractivity contribution >= 4 is 17.5 Å². The summed E-state index contributed by atoms with van der Waals surface area (Å²) in [6.45, 7) is 0.556. The minimum Gasteiger partial charge on any atom is -0.356 e. The van der Waals surface area contributed by atoms with Gasteiger partial charge in [-0.2, -0.15) is 0 Å². The lowest BCUT2D eigenvalue weighted by Gasteiger charge is -2.06. The largest absolute Gasteiger partial charge is 0.356 e. The van der Waals surface area contributed by atoms with Crippen molar-refractivity contribution in [3.63, 3.8) is 0 Å². The highest BCUT2D eigenvalue weighted by molar-refractivity contribution is 6.31. The van der Waals surface area contributed by atoms with Crippen LogP contribution < -0.4 is 5.32 Å². The molecule has 4 heteroatoms. The number of nitrogens with one attached hydrogen (secondary N) is 1. The van der Waals surface area contributed by atoms with Crippen molar-refractivity contribution in [3.05, 3.63) is 34.6 Å². The molecule has 0 unspecified atom stereocenters. The number of halogens is 2. The lowest BCUT2D eigenvalue weighted by atomic mass is 10.1. The maximum atomic E-state index is 12.8. The van der Waals surface area contributed by atoms with E-state index in [0.29, 0.717) is 18.0 Å². The topological polar surface area (TPSA) is 29.1 Å². The van der Waals surface area contributed by atoms with Crippen LogP contribution in [0.4, 0.5) is 4.39 Å². The zero-order valence-electron chi connectivity index (χ0n) is 8.80. The van der Waals surface area contributed by atoms with E-state index in [1.165, 1.54) is 12.1 Å². The zero-order chi connectivity index (χ0) is 11.5. The average Bonchev–Trinajstić information content (AvgIpc) is 3.04. The number of amides is 1. The van der Waals surface area contributed by atoms with Gasteiger partial charge in [0.05, 0.1) is 0 Å². The van der Waals surface area contributed by atoms with Crippen molar-refractivity contribution in [2.75, 3.05) is 6.54 Å². The highest BCUT2D eigenvalue weighted by atomic mass is 35.5. The number of carbonyl (C=O) groups excluding carboxylic acids is 1. The SMILES string of the molecule is O=C(NCCc1ccc(F)cc1Cl)C1CC1. The first-order valence-corrected chi connectivity index (χ1v) is 5.76. The van der Waals surface area contributed by atoms with Crippen LogP contribution >= 0.6 is 11.6 Å². The smallest absolute Gasteiger partial charge is 0.223 e. The fourth-order valence-electron chi connectivity index (χ4n) is 1.53. The third-order valence-electron chi connectivity index (χ3n) is 2.66. The second-order valence-corrected chi connectivity index (χ2v) is 4.46. The van der Waals surface area contributed by atoms with Gasteiger partial charge in [-0.15, -0.1) is 0 Å².